The van der Waals surface area contributed by atoms with Crippen molar-refractivity contribution in [2.75, 3.05) is 0 Å². The van der Waals surface area contributed by atoms with Crippen LogP contribution in [0.5, 0.6) is 0 Å². The molecule has 4 unspecified atom stereocenters. The van der Waals surface area contributed by atoms with Crippen LogP contribution in [0.2, 0.25) is 0 Å². The average molecular weight is 329 g/mol. The van der Waals surface area contributed by atoms with Crippen LogP contribution in [0.3, 0.4) is 0 Å². The van der Waals surface area contributed by atoms with Crippen LogP contribution < -0.4 is 45.9 Å². The third-order valence-electron chi connectivity index (χ3n) is 6.81. The number of hydrogen-bond acceptors (Lipinski definition) is 8. The second-order valence-electron chi connectivity index (χ2n) is 8.77. The van der Waals surface area contributed by atoms with Crippen LogP contribution in [0.4, 0.5) is 0 Å². The van der Waals surface area contributed by atoms with E-state index in [2.05, 4.69) is 0 Å². The van der Waals surface area contributed by atoms with E-state index in [1.165, 1.54) is 0 Å². The van der Waals surface area contributed by atoms with Crippen LogP contribution in [0, 0.1) is 0 Å². The zero-order valence-electron chi connectivity index (χ0n) is 14.6. The molecule has 0 aromatic rings. The molecule has 0 saturated heterocycles. The van der Waals surface area contributed by atoms with E-state index < -0.39 is 33.5 Å². The number of hydrogen-bond donors (Lipinski definition) is 8. The van der Waals surface area contributed by atoms with Crippen LogP contribution in [0.15, 0.2) is 0 Å². The minimum Gasteiger partial charge on any atom is -0.323 e. The summed E-state index contributed by atoms with van der Waals surface area (Å²) in [5.74, 6) is 0. The Bertz CT molecular complexity index is 430. The third kappa shape index (κ3) is 2.52. The Kier molecular flexibility index (Phi) is 4.21. The standard InChI is InChI=1S/C15H36N8/c1-10(16)5-3-7-12(18,14(10,20)21)9-13(19)8-4-6-11(2,17)15(13,22)23/h3-9,16-23H2,1-2H3. The van der Waals surface area contributed by atoms with Crippen molar-refractivity contribution in [3.8, 4) is 0 Å². The highest BCUT2D eigenvalue weighted by Crippen LogP contribution is 2.46. The molecule has 0 bridgehead atoms. The third-order valence-corrected chi connectivity index (χ3v) is 6.81. The molecule has 0 aromatic heterocycles. The molecule has 16 N–H and O–H groups in total. The zero-order chi connectivity index (χ0) is 17.9. The van der Waals surface area contributed by atoms with E-state index in [1.54, 1.807) is 0 Å². The van der Waals surface area contributed by atoms with Crippen molar-refractivity contribution < 1.29 is 0 Å². The largest absolute Gasteiger partial charge is 0.323 e. The van der Waals surface area contributed by atoms with Crippen LogP contribution >= 0.6 is 0 Å². The van der Waals surface area contributed by atoms with Gasteiger partial charge in [-0.3, -0.25) is 0 Å². The predicted octanol–water partition coefficient (Wildman–Crippen LogP) is -2.20. The lowest BCUT2D eigenvalue weighted by molar-refractivity contribution is -0.00232. The van der Waals surface area contributed by atoms with Crippen molar-refractivity contribution in [2.24, 2.45) is 45.9 Å². The van der Waals surface area contributed by atoms with Gasteiger partial charge < -0.3 is 45.9 Å². The summed E-state index contributed by atoms with van der Waals surface area (Å²) in [5.41, 5.74) is 45.7. The molecule has 0 spiro atoms. The van der Waals surface area contributed by atoms with Gasteiger partial charge in [0.25, 0.3) is 0 Å². The first-order chi connectivity index (χ1) is 10.1. The van der Waals surface area contributed by atoms with Crippen LogP contribution in [0.1, 0.15) is 58.8 Å². The second kappa shape index (κ2) is 5.09. The fourth-order valence-electron chi connectivity index (χ4n) is 4.54. The number of nitrogens with two attached hydrogens (primary N) is 8. The van der Waals surface area contributed by atoms with E-state index in [0.29, 0.717) is 32.1 Å². The summed E-state index contributed by atoms with van der Waals surface area (Å²) in [5, 5.41) is 0. The molecule has 0 amide bonds. The van der Waals surface area contributed by atoms with E-state index in [9.17, 15) is 0 Å². The Morgan fingerprint density at radius 1 is 0.565 bits per heavy atom. The number of rotatable bonds is 2. The van der Waals surface area contributed by atoms with Gasteiger partial charge in [0.1, 0.15) is 11.3 Å². The predicted molar refractivity (Wildman–Crippen MR) is 93.6 cm³/mol. The smallest absolute Gasteiger partial charge is 0.100 e. The summed E-state index contributed by atoms with van der Waals surface area (Å²) >= 11 is 0. The first-order valence-corrected chi connectivity index (χ1v) is 8.43. The SMILES string of the molecule is CC1(N)CCCC(N)(CC2(N)CCCC(C)(N)C2(N)N)C1(N)N. The van der Waals surface area contributed by atoms with Crippen molar-refractivity contribution in [1.29, 1.82) is 0 Å². The molecule has 23 heavy (non-hydrogen) atoms. The molecule has 4 atom stereocenters. The van der Waals surface area contributed by atoms with E-state index >= 15 is 0 Å². The van der Waals surface area contributed by atoms with Gasteiger partial charge >= 0.3 is 0 Å². The fourth-order valence-corrected chi connectivity index (χ4v) is 4.54. The summed E-state index contributed by atoms with van der Waals surface area (Å²) in [4.78, 5) is 0. The highest BCUT2D eigenvalue weighted by molar-refractivity contribution is 5.25. The van der Waals surface area contributed by atoms with Crippen molar-refractivity contribution >= 4 is 0 Å². The minimum absolute atomic E-state index is 0.291. The van der Waals surface area contributed by atoms with Gasteiger partial charge in [-0.05, 0) is 58.8 Å². The first kappa shape index (κ1) is 19.0. The van der Waals surface area contributed by atoms with Gasteiger partial charge in [-0.15, -0.1) is 0 Å². The monoisotopic (exact) mass is 328 g/mol. The molecule has 8 heteroatoms. The fraction of sp³-hybridized carbons (Fsp3) is 1.00. The molecule has 136 valence electrons. The van der Waals surface area contributed by atoms with Crippen molar-refractivity contribution in [3.63, 3.8) is 0 Å². The van der Waals surface area contributed by atoms with Crippen LogP contribution in [0.25, 0.3) is 0 Å². The molecule has 2 aliphatic carbocycles. The van der Waals surface area contributed by atoms with Gasteiger partial charge in [0, 0.05) is 11.1 Å². The molecular weight excluding hydrogens is 292 g/mol. The molecule has 2 fully saturated rings. The highest BCUT2D eigenvalue weighted by atomic mass is 15.2. The molecule has 0 heterocycles. The summed E-state index contributed by atoms with van der Waals surface area (Å²) in [6, 6.07) is 0. The topological polar surface area (TPSA) is 208 Å². The molecule has 8 nitrogen and oxygen atoms in total. The molecular formula is C15H36N8. The minimum atomic E-state index is -1.27. The van der Waals surface area contributed by atoms with E-state index in [4.69, 9.17) is 45.9 Å². The first-order valence-electron chi connectivity index (χ1n) is 8.43. The summed E-state index contributed by atoms with van der Waals surface area (Å²) in [6.45, 7) is 3.67. The Labute approximate surface area is 139 Å². The molecule has 2 rings (SSSR count). The van der Waals surface area contributed by atoms with Crippen LogP contribution in [-0.4, -0.2) is 33.5 Å². The Hall–Kier alpha value is -0.320. The zero-order valence-corrected chi connectivity index (χ0v) is 14.6. The van der Waals surface area contributed by atoms with E-state index in [-0.39, 0.29) is 0 Å². The Morgan fingerprint density at radius 3 is 1.17 bits per heavy atom. The van der Waals surface area contributed by atoms with Crippen molar-refractivity contribution in [2.45, 2.75) is 92.3 Å². The van der Waals surface area contributed by atoms with Crippen LogP contribution in [-0.2, 0) is 0 Å². The molecule has 2 saturated carbocycles. The summed E-state index contributed by atoms with van der Waals surface area (Å²) in [6.07, 6.45) is 4.63. The quantitative estimate of drug-likeness (QED) is 0.260. The van der Waals surface area contributed by atoms with E-state index in [1.807, 2.05) is 13.8 Å². The Morgan fingerprint density at radius 2 is 0.870 bits per heavy atom. The van der Waals surface area contributed by atoms with Gasteiger partial charge in [0.2, 0.25) is 0 Å². The van der Waals surface area contributed by atoms with Gasteiger partial charge in [-0.1, -0.05) is 0 Å². The lowest BCUT2D eigenvalue weighted by Crippen LogP contribution is -2.90. The molecule has 0 aliphatic heterocycles. The lowest BCUT2D eigenvalue weighted by atomic mass is 9.55. The average Bonchev–Trinajstić information content (AvgIpc) is 2.34. The molecule has 0 radical (unpaired) electrons. The summed E-state index contributed by atoms with van der Waals surface area (Å²) in [7, 11) is 0. The van der Waals surface area contributed by atoms with Crippen molar-refractivity contribution in [1.82, 2.24) is 0 Å². The maximum atomic E-state index is 6.68. The Balaban J connectivity index is 2.39. The van der Waals surface area contributed by atoms with Gasteiger partial charge in [0.15, 0.2) is 0 Å². The normalized spacial score (nSPS) is 49.8. The highest BCUT2D eigenvalue weighted by Gasteiger charge is 2.63. The van der Waals surface area contributed by atoms with Gasteiger partial charge in [-0.25, -0.2) is 0 Å². The second-order valence-corrected chi connectivity index (χ2v) is 8.77. The lowest BCUT2D eigenvalue weighted by Gasteiger charge is -2.62. The van der Waals surface area contributed by atoms with Gasteiger partial charge in [-0.2, -0.15) is 0 Å². The van der Waals surface area contributed by atoms with E-state index in [0.717, 1.165) is 12.8 Å². The maximum absolute atomic E-state index is 6.68. The van der Waals surface area contributed by atoms with Crippen molar-refractivity contribution in [3.05, 3.63) is 0 Å². The van der Waals surface area contributed by atoms with Gasteiger partial charge in [0.05, 0.1) is 11.1 Å². The molecule has 0 aromatic carbocycles. The summed E-state index contributed by atoms with van der Waals surface area (Å²) < 4.78 is 0. The molecule has 2 aliphatic rings. The maximum Gasteiger partial charge on any atom is 0.100 e.